The van der Waals surface area contributed by atoms with Gasteiger partial charge in [-0.25, -0.2) is 0 Å². The fraction of sp³-hybridized carbons (Fsp3) is 0.120. The van der Waals surface area contributed by atoms with Crippen LogP contribution in [0.1, 0.15) is 16.9 Å². The molecule has 0 aliphatic rings. The van der Waals surface area contributed by atoms with Crippen LogP contribution in [0.2, 0.25) is 0 Å². The number of nitro benzene ring substituents is 1. The Labute approximate surface area is 208 Å². The van der Waals surface area contributed by atoms with Crippen LogP contribution in [0.5, 0.6) is 11.5 Å². The third kappa shape index (κ3) is 5.86. The van der Waals surface area contributed by atoms with Crippen LogP contribution in [0.15, 0.2) is 82.9 Å². The van der Waals surface area contributed by atoms with Crippen molar-refractivity contribution in [3.63, 3.8) is 0 Å². The van der Waals surface area contributed by atoms with E-state index in [2.05, 4.69) is 20.9 Å². The molecule has 0 saturated carbocycles. The fourth-order valence-corrected chi connectivity index (χ4v) is 4.40. The zero-order valence-corrected chi connectivity index (χ0v) is 20.3. The van der Waals surface area contributed by atoms with Gasteiger partial charge in [0.15, 0.2) is 11.5 Å². The molecule has 0 spiro atoms. The van der Waals surface area contributed by atoms with Crippen molar-refractivity contribution in [1.29, 1.82) is 0 Å². The molecular weight excluding hydrogens is 520 g/mol. The Bertz CT molecular complexity index is 1300. The molecular formula is C25H19BrN2O5S. The highest BCUT2D eigenvalue weighted by atomic mass is 79.9. The second-order valence-electron chi connectivity index (χ2n) is 7.27. The lowest BCUT2D eigenvalue weighted by molar-refractivity contribution is -0.384. The zero-order chi connectivity index (χ0) is 23.9. The van der Waals surface area contributed by atoms with E-state index < -0.39 is 10.9 Å². The molecule has 9 heteroatoms. The molecule has 1 aromatic heterocycles. The van der Waals surface area contributed by atoms with Gasteiger partial charge in [-0.1, -0.05) is 58.4 Å². The minimum Gasteiger partial charge on any atom is -0.484 e. The number of benzene rings is 3. The topological polar surface area (TPSA) is 91.6 Å². The average molecular weight is 539 g/mol. The van der Waals surface area contributed by atoms with Gasteiger partial charge in [0.2, 0.25) is 0 Å². The number of aryl methyl sites for hydroxylation is 1. The number of hydrogen-bond donors (Lipinski definition) is 0. The lowest BCUT2D eigenvalue weighted by Crippen LogP contribution is -2.11. The van der Waals surface area contributed by atoms with Crippen molar-refractivity contribution >= 4 is 38.9 Å². The smallest absolute Gasteiger partial charge is 0.311 e. The molecule has 0 radical (unpaired) electrons. The Balaban J connectivity index is 1.70. The number of aromatic nitrogens is 1. The van der Waals surface area contributed by atoms with Crippen LogP contribution in [0.25, 0.3) is 11.1 Å². The molecule has 0 atom stereocenters. The van der Waals surface area contributed by atoms with E-state index in [1.807, 2.05) is 30.3 Å². The van der Waals surface area contributed by atoms with Gasteiger partial charge < -0.3 is 9.47 Å². The first kappa shape index (κ1) is 23.6. The Hall–Kier alpha value is -3.56. The number of hydrogen-bond acceptors (Lipinski definition) is 7. The molecule has 0 N–H and O–H groups in total. The second kappa shape index (κ2) is 11.0. The van der Waals surface area contributed by atoms with Crippen LogP contribution < -0.4 is 9.47 Å². The Morgan fingerprint density at radius 3 is 2.62 bits per heavy atom. The second-order valence-corrected chi connectivity index (χ2v) is 9.16. The van der Waals surface area contributed by atoms with Gasteiger partial charge in [-0.3, -0.25) is 19.9 Å². The highest BCUT2D eigenvalue weighted by Gasteiger charge is 2.26. The van der Waals surface area contributed by atoms with E-state index in [0.717, 1.165) is 14.9 Å². The highest BCUT2D eigenvalue weighted by molar-refractivity contribution is 9.10. The molecule has 0 fully saturated rings. The number of halogens is 1. The van der Waals surface area contributed by atoms with Crippen LogP contribution in [-0.2, 0) is 17.8 Å². The maximum atomic E-state index is 12.6. The van der Waals surface area contributed by atoms with Crippen LogP contribution in [0, 0.1) is 10.1 Å². The van der Waals surface area contributed by atoms with Gasteiger partial charge in [-0.2, -0.15) is 0 Å². The monoisotopic (exact) mass is 538 g/mol. The molecule has 0 aliphatic carbocycles. The van der Waals surface area contributed by atoms with E-state index in [9.17, 15) is 14.9 Å². The normalized spacial score (nSPS) is 10.6. The largest absolute Gasteiger partial charge is 0.484 e. The lowest BCUT2D eigenvalue weighted by atomic mass is 10.0. The summed E-state index contributed by atoms with van der Waals surface area (Å²) in [5.74, 6) is -0.186. The summed E-state index contributed by atoms with van der Waals surface area (Å²) in [6, 6.07) is 19.2. The van der Waals surface area contributed by atoms with E-state index in [-0.39, 0.29) is 35.8 Å². The number of thiazole rings is 1. The molecule has 0 bridgehead atoms. The van der Waals surface area contributed by atoms with Crippen molar-refractivity contribution in [2.45, 2.75) is 19.4 Å². The quantitative estimate of drug-likeness (QED) is 0.103. The van der Waals surface area contributed by atoms with Crippen molar-refractivity contribution in [1.82, 2.24) is 4.98 Å². The highest BCUT2D eigenvalue weighted by Crippen LogP contribution is 2.45. The minimum absolute atomic E-state index is 0.131. The number of carbonyl (C=O) groups excluding carboxylic acids is 1. The predicted octanol–water partition coefficient (Wildman–Crippen LogP) is 6.60. The van der Waals surface area contributed by atoms with Crippen molar-refractivity contribution < 1.29 is 19.2 Å². The summed E-state index contributed by atoms with van der Waals surface area (Å²) in [6.07, 6.45) is 2.35. The Kier molecular flexibility index (Phi) is 7.66. The van der Waals surface area contributed by atoms with Gasteiger partial charge in [0.25, 0.3) is 5.69 Å². The molecule has 7 nitrogen and oxygen atoms in total. The molecule has 172 valence electrons. The van der Waals surface area contributed by atoms with Crippen LogP contribution >= 0.6 is 27.3 Å². The molecule has 0 unspecified atom stereocenters. The summed E-state index contributed by atoms with van der Waals surface area (Å²) >= 11 is 4.90. The average Bonchev–Trinajstić information content (AvgIpc) is 3.36. The molecule has 1 heterocycles. The summed E-state index contributed by atoms with van der Waals surface area (Å²) < 4.78 is 12.6. The van der Waals surface area contributed by atoms with Gasteiger partial charge in [0.05, 0.1) is 16.9 Å². The summed E-state index contributed by atoms with van der Waals surface area (Å²) in [7, 11) is 0. The first-order valence-corrected chi connectivity index (χ1v) is 12.0. The third-order valence-corrected chi connectivity index (χ3v) is 6.25. The molecule has 34 heavy (non-hydrogen) atoms. The molecule has 0 aliphatic heterocycles. The molecule has 0 saturated heterocycles. The predicted molar refractivity (Wildman–Crippen MR) is 133 cm³/mol. The zero-order valence-electron chi connectivity index (χ0n) is 17.8. The molecule has 4 rings (SSSR count). The van der Waals surface area contributed by atoms with Gasteiger partial charge in [-0.15, -0.1) is 11.3 Å². The summed E-state index contributed by atoms with van der Waals surface area (Å²) in [5, 5.41) is 11.9. The fourth-order valence-electron chi connectivity index (χ4n) is 3.36. The summed E-state index contributed by atoms with van der Waals surface area (Å²) in [6.45, 7) is 0.131. The van der Waals surface area contributed by atoms with E-state index >= 15 is 0 Å². The van der Waals surface area contributed by atoms with Crippen molar-refractivity contribution in [2.75, 3.05) is 0 Å². The van der Waals surface area contributed by atoms with Crippen molar-refractivity contribution in [2.24, 2.45) is 0 Å². The molecule has 3 aromatic carbocycles. The number of nitrogens with zero attached hydrogens (tertiary/aromatic N) is 2. The van der Waals surface area contributed by atoms with Gasteiger partial charge in [0.1, 0.15) is 12.2 Å². The van der Waals surface area contributed by atoms with Crippen molar-refractivity contribution in [3.05, 3.63) is 103 Å². The van der Waals surface area contributed by atoms with Crippen LogP contribution in [0.3, 0.4) is 0 Å². The molecule has 0 amide bonds. The molecule has 4 aromatic rings. The van der Waals surface area contributed by atoms with Crippen LogP contribution in [-0.4, -0.2) is 15.9 Å². The number of esters is 1. The summed E-state index contributed by atoms with van der Waals surface area (Å²) in [4.78, 5) is 29.0. The number of carbonyl (C=O) groups is 1. The van der Waals surface area contributed by atoms with Crippen molar-refractivity contribution in [3.8, 4) is 22.6 Å². The van der Waals surface area contributed by atoms with Gasteiger partial charge in [-0.05, 0) is 35.7 Å². The number of ether oxygens (including phenoxy) is 2. The van der Waals surface area contributed by atoms with Crippen LogP contribution in [0.4, 0.5) is 5.69 Å². The standard InChI is InChI=1S/C25H19BrN2O5S/c26-19-8-4-5-17(13-19)15-32-25-22(33-23(29)12-9-20-14-27-16-34-20)11-10-21(28(30)31)24(25)18-6-2-1-3-7-18/h1-8,10-11,13-14,16H,9,12,15H2. The first-order valence-electron chi connectivity index (χ1n) is 10.3. The number of nitro groups is 1. The summed E-state index contributed by atoms with van der Waals surface area (Å²) in [5.41, 5.74) is 3.26. The first-order chi connectivity index (χ1) is 16.5. The lowest BCUT2D eigenvalue weighted by Gasteiger charge is -2.16. The van der Waals surface area contributed by atoms with E-state index in [1.165, 1.54) is 23.5 Å². The maximum Gasteiger partial charge on any atom is 0.311 e. The third-order valence-electron chi connectivity index (χ3n) is 4.91. The van der Waals surface area contributed by atoms with Gasteiger partial charge >= 0.3 is 5.97 Å². The number of rotatable bonds is 9. The maximum absolute atomic E-state index is 12.6. The van der Waals surface area contributed by atoms with E-state index in [4.69, 9.17) is 9.47 Å². The van der Waals surface area contributed by atoms with E-state index in [1.54, 1.807) is 36.0 Å². The Morgan fingerprint density at radius 2 is 1.91 bits per heavy atom. The minimum atomic E-state index is -0.469. The Morgan fingerprint density at radius 1 is 1.09 bits per heavy atom. The van der Waals surface area contributed by atoms with Gasteiger partial charge in [0, 0.05) is 21.6 Å². The SMILES string of the molecule is O=C(CCc1cncs1)Oc1ccc([N+](=O)[O-])c(-c2ccccc2)c1OCc1cccc(Br)c1. The van der Waals surface area contributed by atoms with E-state index in [0.29, 0.717) is 12.0 Å².